The summed E-state index contributed by atoms with van der Waals surface area (Å²) in [4.78, 5) is 36.4. The van der Waals surface area contributed by atoms with Gasteiger partial charge in [0.15, 0.2) is 12.5 Å². The van der Waals surface area contributed by atoms with E-state index in [2.05, 4.69) is 20.3 Å². The van der Waals surface area contributed by atoms with Gasteiger partial charge in [-0.05, 0) is 77.7 Å². The quantitative estimate of drug-likeness (QED) is 0.0637. The van der Waals surface area contributed by atoms with Gasteiger partial charge in [0.25, 0.3) is 0 Å². The SMILES string of the molecule is COc1ccc2[nH]cc(CCNC(CC(=O)OC(N)Cc3c[nH]c4ccc(OC)cc34)C(=O)OC(N)Cc3c[nH]c4ccc(OC)cc34)c2c1. The van der Waals surface area contributed by atoms with Crippen LogP contribution >= 0.6 is 0 Å². The summed E-state index contributed by atoms with van der Waals surface area (Å²) >= 11 is 0. The van der Waals surface area contributed by atoms with Crippen molar-refractivity contribution in [3.63, 3.8) is 0 Å². The Labute approximate surface area is 288 Å². The minimum atomic E-state index is -1.04. The van der Waals surface area contributed by atoms with Crippen LogP contribution in [-0.2, 0) is 38.3 Å². The van der Waals surface area contributed by atoms with Crippen LogP contribution in [0.3, 0.4) is 0 Å². The third-order valence-electron chi connectivity index (χ3n) is 8.76. The molecule has 0 spiro atoms. The summed E-state index contributed by atoms with van der Waals surface area (Å²) in [5, 5.41) is 6.01. The minimum absolute atomic E-state index is 0.244. The van der Waals surface area contributed by atoms with E-state index >= 15 is 0 Å². The number of carbonyl (C=O) groups excluding carboxylic acids is 2. The average molecular weight is 683 g/mol. The maximum atomic E-state index is 13.5. The van der Waals surface area contributed by atoms with Crippen molar-refractivity contribution in [1.82, 2.24) is 20.3 Å². The smallest absolute Gasteiger partial charge is 0.325 e. The van der Waals surface area contributed by atoms with E-state index in [1.165, 1.54) is 0 Å². The monoisotopic (exact) mass is 682 g/mol. The van der Waals surface area contributed by atoms with Gasteiger partial charge in [0.05, 0.1) is 27.8 Å². The molecule has 0 saturated heterocycles. The fourth-order valence-corrected chi connectivity index (χ4v) is 6.15. The summed E-state index contributed by atoms with van der Waals surface area (Å²) < 4.78 is 27.4. The highest BCUT2D eigenvalue weighted by atomic mass is 16.6. The number of fused-ring (bicyclic) bond motifs is 3. The van der Waals surface area contributed by atoms with Crippen LogP contribution in [0.5, 0.6) is 17.2 Å². The Bertz CT molecular complexity index is 2100. The van der Waals surface area contributed by atoms with Crippen LogP contribution in [-0.4, -0.2) is 73.3 Å². The number of hydrogen-bond donors (Lipinski definition) is 6. The summed E-state index contributed by atoms with van der Waals surface area (Å²) in [5.74, 6) is 0.804. The predicted octanol–water partition coefficient (Wildman–Crippen LogP) is 4.19. The van der Waals surface area contributed by atoms with Gasteiger partial charge in [0.1, 0.15) is 23.3 Å². The van der Waals surface area contributed by atoms with Gasteiger partial charge in [-0.25, -0.2) is 0 Å². The Morgan fingerprint density at radius 2 is 1.10 bits per heavy atom. The Balaban J connectivity index is 1.12. The van der Waals surface area contributed by atoms with E-state index in [4.69, 9.17) is 35.2 Å². The Hall–Kier alpha value is -5.50. The van der Waals surface area contributed by atoms with Crippen molar-refractivity contribution in [3.8, 4) is 17.2 Å². The molecule has 50 heavy (non-hydrogen) atoms. The molecule has 0 radical (unpaired) electrons. The van der Waals surface area contributed by atoms with Gasteiger partial charge < -0.3 is 44.0 Å². The molecule has 3 heterocycles. The fraction of sp³-hybridized carbons (Fsp3) is 0.297. The van der Waals surface area contributed by atoms with Crippen LogP contribution in [0.15, 0.2) is 73.2 Å². The second kappa shape index (κ2) is 15.4. The molecular weight excluding hydrogens is 640 g/mol. The van der Waals surface area contributed by atoms with Gasteiger partial charge in [0, 0.05) is 70.7 Å². The molecule has 3 aromatic heterocycles. The van der Waals surface area contributed by atoms with Crippen LogP contribution in [0.25, 0.3) is 32.7 Å². The van der Waals surface area contributed by atoms with Crippen LogP contribution in [0, 0.1) is 0 Å². The minimum Gasteiger partial charge on any atom is -0.497 e. The lowest BCUT2D eigenvalue weighted by Gasteiger charge is -2.21. The Morgan fingerprint density at radius 1 is 0.660 bits per heavy atom. The maximum absolute atomic E-state index is 13.5. The van der Waals surface area contributed by atoms with Gasteiger partial charge in [-0.3, -0.25) is 21.1 Å². The topological polar surface area (TPSA) is 192 Å². The third-order valence-corrected chi connectivity index (χ3v) is 8.76. The molecule has 0 aliphatic heterocycles. The summed E-state index contributed by atoms with van der Waals surface area (Å²) in [5.41, 5.74) is 18.1. The first-order valence-electron chi connectivity index (χ1n) is 16.3. The van der Waals surface area contributed by atoms with Crippen molar-refractivity contribution in [2.75, 3.05) is 27.9 Å². The number of rotatable bonds is 16. The van der Waals surface area contributed by atoms with Gasteiger partial charge in [-0.15, -0.1) is 0 Å². The van der Waals surface area contributed by atoms with Crippen LogP contribution in [0.1, 0.15) is 23.1 Å². The average Bonchev–Trinajstić information content (AvgIpc) is 3.83. The van der Waals surface area contributed by atoms with Crippen LogP contribution < -0.4 is 31.0 Å². The van der Waals surface area contributed by atoms with E-state index < -0.39 is 30.4 Å². The number of methoxy groups -OCH3 is 3. The fourth-order valence-electron chi connectivity index (χ4n) is 6.15. The summed E-state index contributed by atoms with van der Waals surface area (Å²) in [6.45, 7) is 0.359. The molecule has 8 N–H and O–H groups in total. The van der Waals surface area contributed by atoms with E-state index in [9.17, 15) is 9.59 Å². The molecule has 13 nitrogen and oxygen atoms in total. The second-order valence-corrected chi connectivity index (χ2v) is 12.0. The highest BCUT2D eigenvalue weighted by molar-refractivity contribution is 5.87. The van der Waals surface area contributed by atoms with E-state index in [0.29, 0.717) is 24.5 Å². The number of esters is 2. The van der Waals surface area contributed by atoms with E-state index in [1.54, 1.807) is 21.3 Å². The first kappa shape index (κ1) is 34.4. The van der Waals surface area contributed by atoms with Crippen LogP contribution in [0.2, 0.25) is 0 Å². The molecule has 0 aliphatic carbocycles. The highest BCUT2D eigenvalue weighted by Gasteiger charge is 2.27. The first-order chi connectivity index (χ1) is 24.2. The molecule has 3 atom stereocenters. The number of hydrogen-bond acceptors (Lipinski definition) is 10. The van der Waals surface area contributed by atoms with Crippen molar-refractivity contribution < 1.29 is 33.3 Å². The van der Waals surface area contributed by atoms with E-state index in [0.717, 1.165) is 55.1 Å². The number of aromatic amines is 3. The number of carbonyl (C=O) groups is 2. The lowest BCUT2D eigenvalue weighted by molar-refractivity contribution is -0.158. The molecule has 13 heteroatoms. The summed E-state index contributed by atoms with van der Waals surface area (Å²) in [6.07, 6.45) is 4.38. The summed E-state index contributed by atoms with van der Waals surface area (Å²) in [7, 11) is 4.82. The molecule has 3 aromatic carbocycles. The maximum Gasteiger partial charge on any atom is 0.325 e. The molecule has 262 valence electrons. The zero-order valence-electron chi connectivity index (χ0n) is 28.2. The van der Waals surface area contributed by atoms with Crippen molar-refractivity contribution in [1.29, 1.82) is 0 Å². The predicted molar refractivity (Wildman–Crippen MR) is 190 cm³/mol. The first-order valence-corrected chi connectivity index (χ1v) is 16.3. The highest BCUT2D eigenvalue weighted by Crippen LogP contribution is 2.27. The van der Waals surface area contributed by atoms with Gasteiger partial charge in [-0.2, -0.15) is 0 Å². The lowest BCUT2D eigenvalue weighted by atomic mass is 10.1. The zero-order valence-corrected chi connectivity index (χ0v) is 28.2. The number of nitrogens with two attached hydrogens (primary N) is 2. The molecule has 6 aromatic rings. The number of nitrogens with one attached hydrogen (secondary N) is 4. The van der Waals surface area contributed by atoms with Crippen molar-refractivity contribution in [3.05, 3.63) is 89.9 Å². The molecule has 0 bridgehead atoms. The van der Waals surface area contributed by atoms with Crippen molar-refractivity contribution in [2.24, 2.45) is 11.5 Å². The van der Waals surface area contributed by atoms with Crippen molar-refractivity contribution in [2.45, 2.75) is 44.2 Å². The number of benzene rings is 3. The standard InChI is InChI=1S/C37H42N6O7/c1-46-24-4-7-30-27(14-24)21(18-41-30)10-11-40-33(37(45)50-35(39)13-23-20-43-32-9-6-26(48-3)16-29(23)32)17-36(44)49-34(38)12-22-19-42-31-8-5-25(47-2)15-28(22)31/h4-9,14-16,18-20,33-35,40-43H,10-13,17,38-39H2,1-3H3. The summed E-state index contributed by atoms with van der Waals surface area (Å²) in [6, 6.07) is 16.1. The van der Waals surface area contributed by atoms with Crippen LogP contribution in [0.4, 0.5) is 0 Å². The largest absolute Gasteiger partial charge is 0.497 e. The van der Waals surface area contributed by atoms with E-state index in [1.807, 2.05) is 73.2 Å². The molecule has 0 aliphatic rings. The lowest BCUT2D eigenvalue weighted by Crippen LogP contribution is -2.45. The molecule has 0 saturated carbocycles. The molecule has 3 unspecified atom stereocenters. The van der Waals surface area contributed by atoms with Gasteiger partial charge in [0.2, 0.25) is 0 Å². The van der Waals surface area contributed by atoms with Crippen molar-refractivity contribution >= 4 is 44.6 Å². The number of aromatic nitrogens is 3. The normalized spacial score (nSPS) is 13.3. The van der Waals surface area contributed by atoms with Gasteiger partial charge >= 0.3 is 11.9 Å². The zero-order chi connectivity index (χ0) is 35.2. The Kier molecular flexibility index (Phi) is 10.6. The molecule has 6 rings (SSSR count). The second-order valence-electron chi connectivity index (χ2n) is 12.0. The molecule has 0 fully saturated rings. The molecular formula is C37H42N6O7. The number of ether oxygens (including phenoxy) is 5. The van der Waals surface area contributed by atoms with E-state index in [-0.39, 0.29) is 19.3 Å². The Morgan fingerprint density at radius 3 is 1.58 bits per heavy atom. The van der Waals surface area contributed by atoms with Gasteiger partial charge in [-0.1, -0.05) is 0 Å². The number of H-pyrrole nitrogens is 3. The third kappa shape index (κ3) is 7.86. The molecule has 0 amide bonds.